The van der Waals surface area contributed by atoms with Crippen LogP contribution in [0.5, 0.6) is 5.75 Å². The number of amides is 1. The molecule has 1 aromatic heterocycles. The van der Waals surface area contributed by atoms with Gasteiger partial charge in [0, 0.05) is 35.2 Å². The molecule has 0 fully saturated rings. The Morgan fingerprint density at radius 1 is 0.893 bits per heavy atom. The molecule has 7 heteroatoms. The lowest BCUT2D eigenvalue weighted by Gasteiger charge is -2.10. The number of anilines is 3. The number of nitrogens with zero attached hydrogens (tertiary/aromatic N) is 2. The lowest BCUT2D eigenvalue weighted by molar-refractivity contribution is -0.131. The van der Waals surface area contributed by atoms with Gasteiger partial charge in [0.25, 0.3) is 5.91 Å². The molecule has 7 nitrogen and oxygen atoms in total. The van der Waals surface area contributed by atoms with Gasteiger partial charge in [-0.25, -0.2) is 9.97 Å². The maximum absolute atomic E-state index is 12.4. The summed E-state index contributed by atoms with van der Waals surface area (Å²) >= 11 is 0. The van der Waals surface area contributed by atoms with E-state index >= 15 is 0 Å². The monoisotopic (exact) mass is 376 g/mol. The second-order valence-corrected chi connectivity index (χ2v) is 6.25. The standard InChI is InChI=1S/C21H20N4O3/c1-13-11-14(2)23-21(22-13)25-18-6-4-5-17(12-18)24-20(27)16-7-9-19(10-8-16)28-15(3)26/h4-12H,1-3H3,(H,24,27)(H,22,23,25). The van der Waals surface area contributed by atoms with Gasteiger partial charge in [0.15, 0.2) is 0 Å². The van der Waals surface area contributed by atoms with Crippen molar-refractivity contribution in [1.82, 2.24) is 9.97 Å². The summed E-state index contributed by atoms with van der Waals surface area (Å²) in [5.41, 5.74) is 3.58. The number of nitrogens with one attached hydrogen (secondary N) is 2. The molecule has 0 spiro atoms. The summed E-state index contributed by atoms with van der Waals surface area (Å²) in [6.07, 6.45) is 0. The van der Waals surface area contributed by atoms with Gasteiger partial charge in [0.05, 0.1) is 0 Å². The van der Waals surface area contributed by atoms with Gasteiger partial charge in [0.1, 0.15) is 5.75 Å². The first-order valence-corrected chi connectivity index (χ1v) is 8.68. The smallest absolute Gasteiger partial charge is 0.308 e. The second-order valence-electron chi connectivity index (χ2n) is 6.25. The van der Waals surface area contributed by atoms with Crippen LogP contribution in [0.3, 0.4) is 0 Å². The van der Waals surface area contributed by atoms with Crippen molar-refractivity contribution in [1.29, 1.82) is 0 Å². The molecule has 3 aromatic rings. The number of ether oxygens (including phenoxy) is 1. The Bertz CT molecular complexity index is 996. The van der Waals surface area contributed by atoms with Crippen molar-refractivity contribution in [3.63, 3.8) is 0 Å². The largest absolute Gasteiger partial charge is 0.427 e. The first-order valence-electron chi connectivity index (χ1n) is 8.68. The molecular formula is C21H20N4O3. The molecule has 0 aliphatic heterocycles. The van der Waals surface area contributed by atoms with E-state index in [9.17, 15) is 9.59 Å². The molecule has 28 heavy (non-hydrogen) atoms. The van der Waals surface area contributed by atoms with Gasteiger partial charge in [0.2, 0.25) is 5.95 Å². The van der Waals surface area contributed by atoms with Gasteiger partial charge < -0.3 is 15.4 Å². The maximum atomic E-state index is 12.4. The molecule has 0 radical (unpaired) electrons. The first-order chi connectivity index (χ1) is 13.4. The third-order valence-corrected chi connectivity index (χ3v) is 3.74. The number of hydrogen-bond acceptors (Lipinski definition) is 6. The summed E-state index contributed by atoms with van der Waals surface area (Å²) < 4.78 is 4.97. The summed E-state index contributed by atoms with van der Waals surface area (Å²) in [6.45, 7) is 5.14. The second kappa shape index (κ2) is 8.30. The Kier molecular flexibility index (Phi) is 5.64. The zero-order chi connectivity index (χ0) is 20.1. The van der Waals surface area contributed by atoms with Crippen molar-refractivity contribution < 1.29 is 14.3 Å². The third kappa shape index (κ3) is 5.14. The van der Waals surface area contributed by atoms with Gasteiger partial charge in [-0.1, -0.05) is 6.07 Å². The normalized spacial score (nSPS) is 10.2. The Labute approximate surface area is 162 Å². The summed E-state index contributed by atoms with van der Waals surface area (Å²) in [7, 11) is 0. The SMILES string of the molecule is CC(=O)Oc1ccc(C(=O)Nc2cccc(Nc3nc(C)cc(C)n3)c2)cc1. The Balaban J connectivity index is 1.70. The van der Waals surface area contributed by atoms with Crippen LogP contribution in [0.2, 0.25) is 0 Å². The van der Waals surface area contributed by atoms with Crippen LogP contribution < -0.4 is 15.4 Å². The van der Waals surface area contributed by atoms with Crippen LogP contribution in [0.15, 0.2) is 54.6 Å². The summed E-state index contributed by atoms with van der Waals surface area (Å²) in [5, 5.41) is 5.98. The highest BCUT2D eigenvalue weighted by Gasteiger charge is 2.08. The number of aryl methyl sites for hydroxylation is 2. The van der Waals surface area contributed by atoms with Crippen LogP contribution in [0.1, 0.15) is 28.7 Å². The van der Waals surface area contributed by atoms with Crippen molar-refractivity contribution in [2.24, 2.45) is 0 Å². The number of esters is 1. The number of hydrogen-bond donors (Lipinski definition) is 2. The maximum Gasteiger partial charge on any atom is 0.308 e. The zero-order valence-electron chi connectivity index (χ0n) is 15.8. The first kappa shape index (κ1) is 19.0. The molecule has 0 aliphatic rings. The van der Waals surface area contributed by atoms with Crippen LogP contribution in [-0.2, 0) is 4.79 Å². The van der Waals surface area contributed by atoms with Crippen molar-refractivity contribution in [3.05, 3.63) is 71.5 Å². The topological polar surface area (TPSA) is 93.2 Å². The molecule has 1 amide bonds. The van der Waals surface area contributed by atoms with Crippen LogP contribution in [0.4, 0.5) is 17.3 Å². The van der Waals surface area contributed by atoms with E-state index in [0.717, 1.165) is 17.1 Å². The van der Waals surface area contributed by atoms with Gasteiger partial charge in [-0.2, -0.15) is 0 Å². The molecule has 0 saturated heterocycles. The fourth-order valence-electron chi connectivity index (χ4n) is 2.63. The predicted octanol–water partition coefficient (Wildman–Crippen LogP) is 4.01. The lowest BCUT2D eigenvalue weighted by atomic mass is 10.2. The van der Waals surface area contributed by atoms with Crippen LogP contribution in [-0.4, -0.2) is 21.8 Å². The molecule has 0 unspecified atom stereocenters. The third-order valence-electron chi connectivity index (χ3n) is 3.74. The Morgan fingerprint density at radius 3 is 2.18 bits per heavy atom. The van der Waals surface area contributed by atoms with E-state index in [-0.39, 0.29) is 5.91 Å². The highest BCUT2D eigenvalue weighted by Crippen LogP contribution is 2.20. The predicted molar refractivity (Wildman–Crippen MR) is 107 cm³/mol. The number of rotatable bonds is 5. The number of aromatic nitrogens is 2. The molecular weight excluding hydrogens is 356 g/mol. The molecule has 142 valence electrons. The van der Waals surface area contributed by atoms with Gasteiger partial charge >= 0.3 is 5.97 Å². The highest BCUT2D eigenvalue weighted by atomic mass is 16.5. The van der Waals surface area contributed by atoms with E-state index in [1.807, 2.05) is 32.0 Å². The van der Waals surface area contributed by atoms with E-state index in [2.05, 4.69) is 20.6 Å². The number of carbonyl (C=O) groups excluding carboxylic acids is 2. The van der Waals surface area contributed by atoms with Crippen molar-refractivity contribution >= 4 is 29.2 Å². The van der Waals surface area contributed by atoms with Gasteiger partial charge in [-0.3, -0.25) is 9.59 Å². The van der Waals surface area contributed by atoms with Crippen molar-refractivity contribution in [2.45, 2.75) is 20.8 Å². The van der Waals surface area contributed by atoms with E-state index in [1.54, 1.807) is 36.4 Å². The van der Waals surface area contributed by atoms with E-state index < -0.39 is 5.97 Å². The van der Waals surface area contributed by atoms with Crippen molar-refractivity contribution in [3.8, 4) is 5.75 Å². The molecule has 0 aliphatic carbocycles. The number of benzene rings is 2. The average molecular weight is 376 g/mol. The quantitative estimate of drug-likeness (QED) is 0.516. The van der Waals surface area contributed by atoms with E-state index in [1.165, 1.54) is 6.92 Å². The molecule has 0 bridgehead atoms. The number of carbonyl (C=O) groups is 2. The molecule has 0 atom stereocenters. The van der Waals surface area contributed by atoms with Gasteiger partial charge in [-0.05, 0) is 62.4 Å². The van der Waals surface area contributed by atoms with Crippen LogP contribution in [0, 0.1) is 13.8 Å². The molecule has 1 heterocycles. The summed E-state index contributed by atoms with van der Waals surface area (Å²) in [6, 6.07) is 15.5. The molecule has 2 N–H and O–H groups in total. The summed E-state index contributed by atoms with van der Waals surface area (Å²) in [5.74, 6) is 0.217. The molecule has 0 saturated carbocycles. The highest BCUT2D eigenvalue weighted by molar-refractivity contribution is 6.04. The minimum Gasteiger partial charge on any atom is -0.427 e. The summed E-state index contributed by atoms with van der Waals surface area (Å²) in [4.78, 5) is 32.1. The van der Waals surface area contributed by atoms with Gasteiger partial charge in [-0.15, -0.1) is 0 Å². The Morgan fingerprint density at radius 2 is 1.54 bits per heavy atom. The fraction of sp³-hybridized carbons (Fsp3) is 0.143. The van der Waals surface area contributed by atoms with Crippen LogP contribution >= 0.6 is 0 Å². The molecule has 2 aromatic carbocycles. The Hall–Kier alpha value is -3.74. The van der Waals surface area contributed by atoms with E-state index in [4.69, 9.17) is 4.74 Å². The fourth-order valence-corrected chi connectivity index (χ4v) is 2.63. The lowest BCUT2D eigenvalue weighted by Crippen LogP contribution is -2.12. The minimum atomic E-state index is -0.408. The van der Waals surface area contributed by atoms with E-state index in [0.29, 0.717) is 22.9 Å². The van der Waals surface area contributed by atoms with Crippen LogP contribution in [0.25, 0.3) is 0 Å². The van der Waals surface area contributed by atoms with Crippen molar-refractivity contribution in [2.75, 3.05) is 10.6 Å². The average Bonchev–Trinajstić information content (AvgIpc) is 2.61. The minimum absolute atomic E-state index is 0.269. The molecule has 3 rings (SSSR count). The zero-order valence-corrected chi connectivity index (χ0v) is 15.8.